The average Bonchev–Trinajstić information content (AvgIpc) is 3.57. The molecule has 10 heteroatoms. The number of phenols is 1. The lowest BCUT2D eigenvalue weighted by atomic mass is 9.78. The van der Waals surface area contributed by atoms with Crippen molar-refractivity contribution in [3.63, 3.8) is 0 Å². The zero-order chi connectivity index (χ0) is 26.6. The highest BCUT2D eigenvalue weighted by Gasteiger charge is 2.93. The molecule has 3 saturated heterocycles. The van der Waals surface area contributed by atoms with Gasteiger partial charge in [0.05, 0.1) is 31.3 Å². The first kappa shape index (κ1) is 24.3. The Morgan fingerprint density at radius 2 is 2.00 bits per heavy atom. The van der Waals surface area contributed by atoms with Crippen LogP contribution in [0.25, 0.3) is 10.8 Å². The smallest absolute Gasteiger partial charge is 0.277 e. The molecular formula is C28H30O10. The Morgan fingerprint density at radius 3 is 2.66 bits per heavy atom. The first-order valence-electron chi connectivity index (χ1n) is 12.8. The molecule has 2 bridgehead atoms. The van der Waals surface area contributed by atoms with E-state index in [1.165, 1.54) is 14.2 Å². The fourth-order valence-corrected chi connectivity index (χ4v) is 7.11. The van der Waals surface area contributed by atoms with Crippen LogP contribution in [0.1, 0.15) is 46.0 Å². The van der Waals surface area contributed by atoms with Crippen molar-refractivity contribution in [1.82, 2.24) is 0 Å². The number of aromatic hydroxyl groups is 1. The zero-order valence-electron chi connectivity index (χ0n) is 21.8. The number of fused-ring (bicyclic) bond motifs is 8. The van der Waals surface area contributed by atoms with Crippen molar-refractivity contribution in [2.45, 2.75) is 61.9 Å². The van der Waals surface area contributed by atoms with E-state index >= 15 is 0 Å². The Hall–Kier alpha value is -2.73. The summed E-state index contributed by atoms with van der Waals surface area (Å²) in [5.41, 5.74) is 1.31. The standard InChI is InChI=1S/C28H30O10/c1-6-10-34-27-24-23(37-28(38-24,25(32-4)33-5)26(27)12-35-26)17-13(2)11-15-19(22(17)36-27)20(30)18-14(21(15)31-3)8-7-9-16(18)29/h6,11,23-25,30H,1,7-10,12H2,2-5H3/t23?,24?,26-,27+,28?/m0/s1. The maximum Gasteiger partial charge on any atom is 0.277 e. The lowest BCUT2D eigenvalue weighted by molar-refractivity contribution is -0.349. The third kappa shape index (κ3) is 2.56. The number of hydrogen-bond donors (Lipinski definition) is 1. The predicted octanol–water partition coefficient (Wildman–Crippen LogP) is 3.23. The molecule has 2 aromatic rings. The van der Waals surface area contributed by atoms with E-state index in [0.29, 0.717) is 52.7 Å². The minimum atomic E-state index is -1.47. The van der Waals surface area contributed by atoms with Crippen LogP contribution in [0, 0.1) is 6.92 Å². The molecule has 7 rings (SSSR count). The molecule has 0 radical (unpaired) electrons. The number of hydrogen-bond acceptors (Lipinski definition) is 10. The monoisotopic (exact) mass is 526 g/mol. The number of methoxy groups -OCH3 is 3. The molecule has 10 nitrogen and oxygen atoms in total. The van der Waals surface area contributed by atoms with E-state index in [1.54, 1.807) is 13.2 Å². The molecule has 4 heterocycles. The fraction of sp³-hybridized carbons (Fsp3) is 0.536. The number of ketones is 1. The first-order chi connectivity index (χ1) is 18.3. The van der Waals surface area contributed by atoms with E-state index in [-0.39, 0.29) is 30.3 Å². The second-order valence-corrected chi connectivity index (χ2v) is 10.4. The van der Waals surface area contributed by atoms with Crippen molar-refractivity contribution in [1.29, 1.82) is 0 Å². The van der Waals surface area contributed by atoms with Gasteiger partial charge in [-0.2, -0.15) is 0 Å². The van der Waals surface area contributed by atoms with Crippen LogP contribution in [0.3, 0.4) is 0 Å². The summed E-state index contributed by atoms with van der Waals surface area (Å²) in [5.74, 6) is -2.28. The highest BCUT2D eigenvalue weighted by atomic mass is 16.9. The van der Waals surface area contributed by atoms with E-state index < -0.39 is 35.7 Å². The number of phenolic OH excluding ortho intramolecular Hbond substituents is 1. The highest BCUT2D eigenvalue weighted by Crippen LogP contribution is 2.72. The number of benzene rings is 2. The second-order valence-electron chi connectivity index (χ2n) is 10.4. The molecule has 0 amide bonds. The van der Waals surface area contributed by atoms with Crippen LogP contribution in [0.15, 0.2) is 18.7 Å². The van der Waals surface area contributed by atoms with Crippen molar-refractivity contribution in [2.24, 2.45) is 0 Å². The minimum Gasteiger partial charge on any atom is -0.506 e. The van der Waals surface area contributed by atoms with Crippen LogP contribution in [0.4, 0.5) is 0 Å². The van der Waals surface area contributed by atoms with Crippen LogP contribution in [0.2, 0.25) is 0 Å². The van der Waals surface area contributed by atoms with Gasteiger partial charge in [-0.3, -0.25) is 4.79 Å². The Labute approximate surface area is 219 Å². The van der Waals surface area contributed by atoms with Crippen LogP contribution >= 0.6 is 0 Å². The Kier molecular flexibility index (Phi) is 5.06. The third-order valence-corrected chi connectivity index (χ3v) is 8.64. The molecule has 3 unspecified atom stereocenters. The molecule has 3 fully saturated rings. The maximum absolute atomic E-state index is 13.0. The summed E-state index contributed by atoms with van der Waals surface area (Å²) in [4.78, 5) is 13.0. The van der Waals surface area contributed by atoms with Gasteiger partial charge in [-0.25, -0.2) is 0 Å². The average molecular weight is 527 g/mol. The van der Waals surface area contributed by atoms with Gasteiger partial charge < -0.3 is 43.0 Å². The molecule has 4 aliphatic heterocycles. The molecule has 38 heavy (non-hydrogen) atoms. The van der Waals surface area contributed by atoms with E-state index in [2.05, 4.69) is 6.58 Å². The summed E-state index contributed by atoms with van der Waals surface area (Å²) >= 11 is 0. The van der Waals surface area contributed by atoms with E-state index in [9.17, 15) is 9.90 Å². The van der Waals surface area contributed by atoms with Gasteiger partial charge >= 0.3 is 0 Å². The second kappa shape index (κ2) is 7.91. The number of rotatable bonds is 7. The molecule has 5 atom stereocenters. The summed E-state index contributed by atoms with van der Waals surface area (Å²) in [6.45, 7) is 6.09. The van der Waals surface area contributed by atoms with Gasteiger partial charge in [0.25, 0.3) is 11.6 Å². The Balaban J connectivity index is 1.53. The summed E-state index contributed by atoms with van der Waals surface area (Å²) in [7, 11) is 4.58. The number of ether oxygens (including phenoxy) is 8. The zero-order valence-corrected chi connectivity index (χ0v) is 21.8. The van der Waals surface area contributed by atoms with E-state index in [1.807, 2.05) is 13.0 Å². The van der Waals surface area contributed by atoms with Crippen molar-refractivity contribution in [2.75, 3.05) is 34.5 Å². The van der Waals surface area contributed by atoms with Crippen LogP contribution in [-0.2, 0) is 34.8 Å². The van der Waals surface area contributed by atoms with Gasteiger partial charge in [0.2, 0.25) is 11.9 Å². The normalized spacial score (nSPS) is 34.0. The van der Waals surface area contributed by atoms with Gasteiger partial charge in [0.15, 0.2) is 11.9 Å². The fourth-order valence-electron chi connectivity index (χ4n) is 7.11. The van der Waals surface area contributed by atoms with Crippen LogP contribution in [0.5, 0.6) is 17.2 Å². The van der Waals surface area contributed by atoms with Gasteiger partial charge in [0.1, 0.15) is 23.4 Å². The number of aryl methyl sites for hydroxylation is 1. The maximum atomic E-state index is 13.0. The van der Waals surface area contributed by atoms with Gasteiger partial charge in [-0.1, -0.05) is 6.08 Å². The molecular weight excluding hydrogens is 496 g/mol. The van der Waals surface area contributed by atoms with Crippen molar-refractivity contribution in [3.8, 4) is 17.2 Å². The first-order valence-corrected chi connectivity index (χ1v) is 12.8. The Morgan fingerprint density at radius 1 is 1.24 bits per heavy atom. The van der Waals surface area contributed by atoms with Crippen LogP contribution in [-0.4, -0.2) is 75.0 Å². The lowest BCUT2D eigenvalue weighted by Gasteiger charge is -2.49. The molecule has 5 aliphatic rings. The molecule has 2 aromatic carbocycles. The summed E-state index contributed by atoms with van der Waals surface area (Å²) in [6.07, 6.45) is 0.976. The number of carbonyl (C=O) groups is 1. The van der Waals surface area contributed by atoms with Crippen molar-refractivity contribution >= 4 is 16.6 Å². The van der Waals surface area contributed by atoms with E-state index in [0.717, 1.165) is 5.56 Å². The largest absolute Gasteiger partial charge is 0.506 e. The lowest BCUT2D eigenvalue weighted by Crippen LogP contribution is -2.70. The third-order valence-electron chi connectivity index (χ3n) is 8.64. The predicted molar refractivity (Wildman–Crippen MR) is 132 cm³/mol. The highest BCUT2D eigenvalue weighted by molar-refractivity contribution is 6.11. The van der Waals surface area contributed by atoms with Crippen molar-refractivity contribution < 1.29 is 47.8 Å². The van der Waals surface area contributed by atoms with Gasteiger partial charge in [-0.05, 0) is 31.4 Å². The molecule has 1 spiro atoms. The number of Topliss-reactive ketones (excluding diaryl/α,β-unsaturated/α-hetero) is 1. The summed E-state index contributed by atoms with van der Waals surface area (Å²) in [6, 6.07) is 1.93. The quantitative estimate of drug-likeness (QED) is 0.328. The Bertz CT molecular complexity index is 1390. The number of epoxide rings is 1. The molecule has 1 N–H and O–H groups in total. The van der Waals surface area contributed by atoms with Gasteiger partial charge in [-0.15, -0.1) is 6.58 Å². The summed E-state index contributed by atoms with van der Waals surface area (Å²) in [5, 5.41) is 12.7. The summed E-state index contributed by atoms with van der Waals surface area (Å²) < 4.78 is 49.6. The molecule has 202 valence electrons. The molecule has 0 aromatic heterocycles. The van der Waals surface area contributed by atoms with E-state index in [4.69, 9.17) is 37.9 Å². The topological polar surface area (TPSA) is 114 Å². The van der Waals surface area contributed by atoms with Crippen LogP contribution < -0.4 is 9.47 Å². The van der Waals surface area contributed by atoms with Crippen molar-refractivity contribution in [3.05, 3.63) is 41.0 Å². The van der Waals surface area contributed by atoms with Gasteiger partial charge in [0, 0.05) is 37.2 Å². The molecule has 1 aliphatic carbocycles. The number of carbonyl (C=O) groups excluding carboxylic acids is 1. The SMILES string of the molecule is C=CCO[C@@]12Oc3c(c(C)cc4c(OC)c5c(c(O)c34)C(=O)CCC5)C3OC(C(OC)OC)(OC31)[C@]21CO1. The molecule has 0 saturated carbocycles. The minimum absolute atomic E-state index is 0.127.